The van der Waals surface area contributed by atoms with E-state index in [1.54, 1.807) is 0 Å². The molecule has 0 saturated carbocycles. The molecule has 0 aromatic carbocycles. The fraction of sp³-hybridized carbons (Fsp3) is 1.00. The van der Waals surface area contributed by atoms with Gasteiger partial charge in [0, 0.05) is 6.61 Å². The Labute approximate surface area is 89.3 Å². The number of aliphatic hydroxyl groups excluding tert-OH is 2. The molecule has 0 aliphatic heterocycles. The number of rotatable bonds is 5. The topological polar surface area (TPSA) is 40.5 Å². The summed E-state index contributed by atoms with van der Waals surface area (Å²) in [6, 6.07) is 0. The van der Waals surface area contributed by atoms with Gasteiger partial charge in [0.2, 0.25) is 0 Å². The highest BCUT2D eigenvalue weighted by atomic mass is 16.3. The molecule has 2 nitrogen and oxygen atoms in total. The lowest BCUT2D eigenvalue weighted by Crippen LogP contribution is -2.03. The molecule has 0 spiro atoms. The third-order valence-electron chi connectivity index (χ3n) is 1.75. The van der Waals surface area contributed by atoms with Gasteiger partial charge in [-0.05, 0) is 38.0 Å². The quantitative estimate of drug-likeness (QED) is 0.723. The van der Waals surface area contributed by atoms with E-state index in [0.717, 1.165) is 25.2 Å². The molecule has 0 aliphatic rings. The molecule has 0 heterocycles. The van der Waals surface area contributed by atoms with E-state index in [9.17, 15) is 0 Å². The van der Waals surface area contributed by atoms with Gasteiger partial charge in [0.25, 0.3) is 0 Å². The zero-order valence-corrected chi connectivity index (χ0v) is 10.5. The Morgan fingerprint density at radius 1 is 0.929 bits per heavy atom. The first kappa shape index (κ1) is 16.4. The Kier molecular flexibility index (Phi) is 12.8. The van der Waals surface area contributed by atoms with Crippen molar-refractivity contribution in [2.24, 2.45) is 11.8 Å². The van der Waals surface area contributed by atoms with E-state index in [1.807, 2.05) is 6.92 Å². The molecule has 0 bridgehead atoms. The SMILES string of the molecule is CC(C)CC(C)O.CC(C)CCCO. The van der Waals surface area contributed by atoms with Crippen LogP contribution in [-0.4, -0.2) is 22.9 Å². The first-order chi connectivity index (χ1) is 6.40. The molecule has 0 fully saturated rings. The van der Waals surface area contributed by atoms with E-state index in [-0.39, 0.29) is 6.10 Å². The molecule has 2 heteroatoms. The Morgan fingerprint density at radius 3 is 1.50 bits per heavy atom. The molecule has 0 saturated heterocycles. The van der Waals surface area contributed by atoms with Crippen molar-refractivity contribution >= 4 is 0 Å². The molecule has 1 unspecified atom stereocenters. The smallest absolute Gasteiger partial charge is 0.0514 e. The summed E-state index contributed by atoms with van der Waals surface area (Å²) in [5, 5.41) is 17.0. The van der Waals surface area contributed by atoms with Crippen molar-refractivity contribution in [2.45, 2.75) is 60.0 Å². The van der Waals surface area contributed by atoms with E-state index in [0.29, 0.717) is 12.5 Å². The summed E-state index contributed by atoms with van der Waals surface area (Å²) in [5.74, 6) is 1.37. The summed E-state index contributed by atoms with van der Waals surface area (Å²) in [4.78, 5) is 0. The van der Waals surface area contributed by atoms with Gasteiger partial charge in [0.05, 0.1) is 6.10 Å². The zero-order chi connectivity index (χ0) is 11.6. The average molecular weight is 204 g/mol. The lowest BCUT2D eigenvalue weighted by molar-refractivity contribution is 0.168. The fourth-order valence-corrected chi connectivity index (χ4v) is 1.18. The van der Waals surface area contributed by atoms with Gasteiger partial charge in [-0.15, -0.1) is 0 Å². The summed E-state index contributed by atoms with van der Waals surface area (Å²) in [5.41, 5.74) is 0. The monoisotopic (exact) mass is 204 g/mol. The van der Waals surface area contributed by atoms with Crippen LogP contribution in [-0.2, 0) is 0 Å². The van der Waals surface area contributed by atoms with Gasteiger partial charge in [-0.3, -0.25) is 0 Å². The van der Waals surface area contributed by atoms with Crippen LogP contribution in [0.4, 0.5) is 0 Å². The molecule has 0 aromatic rings. The molecule has 0 aliphatic carbocycles. The molecule has 88 valence electrons. The second kappa shape index (κ2) is 11.0. The van der Waals surface area contributed by atoms with Crippen molar-refractivity contribution in [2.75, 3.05) is 6.61 Å². The predicted molar refractivity (Wildman–Crippen MR) is 62.3 cm³/mol. The third-order valence-corrected chi connectivity index (χ3v) is 1.75. The second-order valence-electron chi connectivity index (χ2n) is 4.74. The first-order valence-corrected chi connectivity index (χ1v) is 5.69. The fourth-order valence-electron chi connectivity index (χ4n) is 1.18. The van der Waals surface area contributed by atoms with Crippen molar-refractivity contribution in [3.8, 4) is 0 Å². The molecule has 14 heavy (non-hydrogen) atoms. The molecular formula is C12H28O2. The summed E-state index contributed by atoms with van der Waals surface area (Å²) < 4.78 is 0. The summed E-state index contributed by atoms with van der Waals surface area (Å²) in [7, 11) is 0. The normalized spacial score (nSPS) is 12.6. The van der Waals surface area contributed by atoms with Crippen LogP contribution < -0.4 is 0 Å². The number of hydrogen-bond donors (Lipinski definition) is 2. The lowest BCUT2D eigenvalue weighted by Gasteiger charge is -2.04. The van der Waals surface area contributed by atoms with Crippen LogP contribution >= 0.6 is 0 Å². The van der Waals surface area contributed by atoms with Crippen molar-refractivity contribution in [3.63, 3.8) is 0 Å². The highest BCUT2D eigenvalue weighted by Crippen LogP contribution is 2.02. The molecule has 0 radical (unpaired) electrons. The molecular weight excluding hydrogens is 176 g/mol. The van der Waals surface area contributed by atoms with E-state index in [4.69, 9.17) is 10.2 Å². The second-order valence-corrected chi connectivity index (χ2v) is 4.74. The Bertz CT molecular complexity index is 92.5. The Hall–Kier alpha value is -0.0800. The largest absolute Gasteiger partial charge is 0.396 e. The number of hydrogen-bond acceptors (Lipinski definition) is 2. The molecule has 0 amide bonds. The first-order valence-electron chi connectivity index (χ1n) is 5.69. The maximum atomic E-state index is 8.72. The Morgan fingerprint density at radius 2 is 1.43 bits per heavy atom. The van der Waals surface area contributed by atoms with Crippen molar-refractivity contribution in [1.29, 1.82) is 0 Å². The zero-order valence-electron chi connectivity index (χ0n) is 10.5. The van der Waals surface area contributed by atoms with Crippen molar-refractivity contribution < 1.29 is 10.2 Å². The molecule has 2 N–H and O–H groups in total. The summed E-state index contributed by atoms with van der Waals surface area (Å²) >= 11 is 0. The highest BCUT2D eigenvalue weighted by Gasteiger charge is 1.97. The minimum Gasteiger partial charge on any atom is -0.396 e. The van der Waals surface area contributed by atoms with E-state index in [1.165, 1.54) is 0 Å². The van der Waals surface area contributed by atoms with Crippen LogP contribution in [0, 0.1) is 11.8 Å². The maximum Gasteiger partial charge on any atom is 0.0514 e. The summed E-state index contributed by atoms with van der Waals surface area (Å²) in [6.07, 6.45) is 2.90. The van der Waals surface area contributed by atoms with Crippen LogP contribution in [0.2, 0.25) is 0 Å². The molecule has 1 atom stereocenters. The predicted octanol–water partition coefficient (Wildman–Crippen LogP) is 2.83. The van der Waals surface area contributed by atoms with Crippen LogP contribution in [0.1, 0.15) is 53.9 Å². The minimum absolute atomic E-state index is 0.125. The van der Waals surface area contributed by atoms with Crippen LogP contribution in [0.3, 0.4) is 0 Å². The van der Waals surface area contributed by atoms with Gasteiger partial charge in [-0.2, -0.15) is 0 Å². The number of aliphatic hydroxyl groups is 2. The summed E-state index contributed by atoms with van der Waals surface area (Å²) in [6.45, 7) is 10.7. The average Bonchev–Trinajstić information content (AvgIpc) is 1.99. The maximum absolute atomic E-state index is 8.72. The highest BCUT2D eigenvalue weighted by molar-refractivity contribution is 4.49. The standard InChI is InChI=1S/2C6H14O/c1-5(2)4-6(3)7;1-6(2)4-3-5-7/h5-7H,4H2,1-3H3;6-7H,3-5H2,1-2H3. The molecule has 0 aromatic heterocycles. The van der Waals surface area contributed by atoms with E-state index in [2.05, 4.69) is 27.7 Å². The van der Waals surface area contributed by atoms with Gasteiger partial charge < -0.3 is 10.2 Å². The van der Waals surface area contributed by atoms with E-state index < -0.39 is 0 Å². The van der Waals surface area contributed by atoms with Crippen LogP contribution in [0.25, 0.3) is 0 Å². The van der Waals surface area contributed by atoms with Gasteiger partial charge in [-0.1, -0.05) is 27.7 Å². The molecule has 0 rings (SSSR count). The Balaban J connectivity index is 0. The van der Waals surface area contributed by atoms with E-state index >= 15 is 0 Å². The van der Waals surface area contributed by atoms with Gasteiger partial charge >= 0.3 is 0 Å². The van der Waals surface area contributed by atoms with Crippen molar-refractivity contribution in [1.82, 2.24) is 0 Å². The van der Waals surface area contributed by atoms with Gasteiger partial charge in [-0.25, -0.2) is 0 Å². The third kappa shape index (κ3) is 22.7. The van der Waals surface area contributed by atoms with Gasteiger partial charge in [0.1, 0.15) is 0 Å². The van der Waals surface area contributed by atoms with Crippen LogP contribution in [0.15, 0.2) is 0 Å². The van der Waals surface area contributed by atoms with Crippen LogP contribution in [0.5, 0.6) is 0 Å². The minimum atomic E-state index is -0.125. The lowest BCUT2D eigenvalue weighted by atomic mass is 10.1. The van der Waals surface area contributed by atoms with Crippen molar-refractivity contribution in [3.05, 3.63) is 0 Å². The van der Waals surface area contributed by atoms with Gasteiger partial charge in [0.15, 0.2) is 0 Å².